The summed E-state index contributed by atoms with van der Waals surface area (Å²) in [4.78, 5) is 13.6. The standard InChI is InChI=1S/C16H20N2O2S/c1-10-5-12(7-13(6-10)20-4)18-16(19)14-9-21-15(8-17-3)11(14)2/h5-7,9,17H,8H2,1-4H3,(H,18,19). The molecule has 0 saturated carbocycles. The highest BCUT2D eigenvalue weighted by molar-refractivity contribution is 7.10. The number of aryl methyl sites for hydroxylation is 1. The first kappa shape index (κ1) is 15.5. The zero-order valence-corrected chi connectivity index (χ0v) is 13.6. The molecular weight excluding hydrogens is 284 g/mol. The third-order valence-electron chi connectivity index (χ3n) is 3.27. The average Bonchev–Trinajstić information content (AvgIpc) is 2.80. The molecule has 0 spiro atoms. The van der Waals surface area contributed by atoms with Crippen LogP contribution in [-0.2, 0) is 6.54 Å². The predicted molar refractivity (Wildman–Crippen MR) is 87.5 cm³/mol. The molecule has 1 aromatic carbocycles. The summed E-state index contributed by atoms with van der Waals surface area (Å²) < 4.78 is 5.23. The van der Waals surface area contributed by atoms with E-state index in [1.807, 2.05) is 44.5 Å². The monoisotopic (exact) mass is 304 g/mol. The zero-order chi connectivity index (χ0) is 15.4. The molecule has 0 aliphatic rings. The molecule has 0 aliphatic carbocycles. The van der Waals surface area contributed by atoms with Crippen LogP contribution in [0.5, 0.6) is 5.75 Å². The lowest BCUT2D eigenvalue weighted by Crippen LogP contribution is -2.13. The molecule has 2 aromatic rings. The lowest BCUT2D eigenvalue weighted by atomic mass is 10.1. The highest BCUT2D eigenvalue weighted by Gasteiger charge is 2.14. The van der Waals surface area contributed by atoms with Gasteiger partial charge >= 0.3 is 0 Å². The van der Waals surface area contributed by atoms with Crippen molar-refractivity contribution in [1.29, 1.82) is 0 Å². The molecule has 1 aromatic heterocycles. The van der Waals surface area contributed by atoms with E-state index < -0.39 is 0 Å². The average molecular weight is 304 g/mol. The Kier molecular flexibility index (Phi) is 4.98. The Morgan fingerprint density at radius 1 is 1.29 bits per heavy atom. The second kappa shape index (κ2) is 6.74. The van der Waals surface area contributed by atoms with E-state index in [9.17, 15) is 4.79 Å². The van der Waals surface area contributed by atoms with Gasteiger partial charge in [-0.1, -0.05) is 0 Å². The number of nitrogens with one attached hydrogen (secondary N) is 2. The van der Waals surface area contributed by atoms with Crippen molar-refractivity contribution in [3.63, 3.8) is 0 Å². The summed E-state index contributed by atoms with van der Waals surface area (Å²) in [6.07, 6.45) is 0. The molecule has 4 nitrogen and oxygen atoms in total. The quantitative estimate of drug-likeness (QED) is 0.890. The van der Waals surface area contributed by atoms with E-state index in [-0.39, 0.29) is 5.91 Å². The normalized spacial score (nSPS) is 10.5. The lowest BCUT2D eigenvalue weighted by Gasteiger charge is -2.09. The van der Waals surface area contributed by atoms with Gasteiger partial charge in [0.25, 0.3) is 5.91 Å². The summed E-state index contributed by atoms with van der Waals surface area (Å²) in [5.41, 5.74) is 3.55. The Bertz CT molecular complexity index is 650. The Balaban J connectivity index is 2.20. The Morgan fingerprint density at radius 3 is 2.71 bits per heavy atom. The van der Waals surface area contributed by atoms with Crippen molar-refractivity contribution >= 4 is 22.9 Å². The van der Waals surface area contributed by atoms with Gasteiger partial charge in [-0.15, -0.1) is 11.3 Å². The van der Waals surface area contributed by atoms with Gasteiger partial charge in [0.2, 0.25) is 0 Å². The molecule has 21 heavy (non-hydrogen) atoms. The van der Waals surface area contributed by atoms with Crippen LogP contribution in [0.1, 0.15) is 26.4 Å². The third-order valence-corrected chi connectivity index (χ3v) is 4.36. The SMILES string of the molecule is CNCc1scc(C(=O)Nc2cc(C)cc(OC)c2)c1C. The molecule has 0 atom stereocenters. The van der Waals surface area contributed by atoms with Gasteiger partial charge < -0.3 is 15.4 Å². The molecule has 0 saturated heterocycles. The number of thiophene rings is 1. The first-order chi connectivity index (χ1) is 10.0. The van der Waals surface area contributed by atoms with Gasteiger partial charge in [-0.05, 0) is 44.2 Å². The first-order valence-electron chi connectivity index (χ1n) is 6.73. The number of methoxy groups -OCH3 is 1. The molecule has 1 amide bonds. The van der Waals surface area contributed by atoms with Crippen LogP contribution < -0.4 is 15.4 Å². The highest BCUT2D eigenvalue weighted by atomic mass is 32.1. The minimum Gasteiger partial charge on any atom is -0.497 e. The summed E-state index contributed by atoms with van der Waals surface area (Å²) in [5.74, 6) is 0.655. The topological polar surface area (TPSA) is 50.4 Å². The van der Waals surface area contributed by atoms with E-state index >= 15 is 0 Å². The fraction of sp³-hybridized carbons (Fsp3) is 0.312. The van der Waals surface area contributed by atoms with Crippen LogP contribution in [-0.4, -0.2) is 20.1 Å². The van der Waals surface area contributed by atoms with Crippen LogP contribution >= 0.6 is 11.3 Å². The van der Waals surface area contributed by atoms with E-state index in [0.717, 1.165) is 34.7 Å². The van der Waals surface area contributed by atoms with Crippen molar-refractivity contribution in [2.75, 3.05) is 19.5 Å². The number of hydrogen-bond donors (Lipinski definition) is 2. The Labute approximate surface area is 129 Å². The molecule has 0 radical (unpaired) electrons. The maximum atomic E-state index is 12.4. The Morgan fingerprint density at radius 2 is 2.05 bits per heavy atom. The van der Waals surface area contributed by atoms with E-state index in [0.29, 0.717) is 0 Å². The van der Waals surface area contributed by atoms with E-state index in [2.05, 4.69) is 10.6 Å². The van der Waals surface area contributed by atoms with E-state index in [4.69, 9.17) is 4.74 Å². The molecule has 5 heteroatoms. The van der Waals surface area contributed by atoms with Crippen LogP contribution in [0.4, 0.5) is 5.69 Å². The van der Waals surface area contributed by atoms with Crippen LogP contribution in [0.3, 0.4) is 0 Å². The zero-order valence-electron chi connectivity index (χ0n) is 12.7. The first-order valence-corrected chi connectivity index (χ1v) is 7.61. The maximum absolute atomic E-state index is 12.4. The van der Waals surface area contributed by atoms with Gasteiger partial charge in [-0.25, -0.2) is 0 Å². The molecular formula is C16H20N2O2S. The summed E-state index contributed by atoms with van der Waals surface area (Å²) in [6, 6.07) is 5.67. The van der Waals surface area contributed by atoms with Crippen molar-refractivity contribution in [2.24, 2.45) is 0 Å². The number of rotatable bonds is 5. The predicted octanol–water partition coefficient (Wildman–Crippen LogP) is 3.35. The van der Waals surface area contributed by atoms with E-state index in [1.165, 1.54) is 4.88 Å². The second-order valence-electron chi connectivity index (χ2n) is 4.92. The summed E-state index contributed by atoms with van der Waals surface area (Å²) in [7, 11) is 3.52. The minimum atomic E-state index is -0.0845. The van der Waals surface area contributed by atoms with Crippen molar-refractivity contribution in [1.82, 2.24) is 5.32 Å². The lowest BCUT2D eigenvalue weighted by molar-refractivity contribution is 0.102. The number of carbonyl (C=O) groups excluding carboxylic acids is 1. The minimum absolute atomic E-state index is 0.0845. The van der Waals surface area contributed by atoms with Crippen molar-refractivity contribution in [3.8, 4) is 5.75 Å². The van der Waals surface area contributed by atoms with E-state index in [1.54, 1.807) is 18.4 Å². The van der Waals surface area contributed by atoms with Gasteiger partial charge in [0.15, 0.2) is 0 Å². The third kappa shape index (κ3) is 3.62. The van der Waals surface area contributed by atoms with Gasteiger partial charge in [0.05, 0.1) is 12.7 Å². The van der Waals surface area contributed by atoms with Crippen LogP contribution in [0.25, 0.3) is 0 Å². The van der Waals surface area contributed by atoms with Crippen LogP contribution in [0.2, 0.25) is 0 Å². The molecule has 1 heterocycles. The van der Waals surface area contributed by atoms with Crippen molar-refractivity contribution in [3.05, 3.63) is 45.1 Å². The number of hydrogen-bond acceptors (Lipinski definition) is 4. The van der Waals surface area contributed by atoms with Gasteiger partial charge in [0, 0.05) is 28.6 Å². The summed E-state index contributed by atoms with van der Waals surface area (Å²) in [6.45, 7) is 4.73. The fourth-order valence-electron chi connectivity index (χ4n) is 2.15. The molecule has 2 N–H and O–H groups in total. The number of benzene rings is 1. The molecule has 0 bridgehead atoms. The van der Waals surface area contributed by atoms with Crippen molar-refractivity contribution in [2.45, 2.75) is 20.4 Å². The number of carbonyl (C=O) groups is 1. The Hall–Kier alpha value is -1.85. The smallest absolute Gasteiger partial charge is 0.256 e. The van der Waals surface area contributed by atoms with Crippen LogP contribution in [0.15, 0.2) is 23.6 Å². The fourth-order valence-corrected chi connectivity index (χ4v) is 3.21. The molecule has 0 unspecified atom stereocenters. The molecule has 2 rings (SSSR count). The molecule has 112 valence electrons. The maximum Gasteiger partial charge on any atom is 0.256 e. The number of amides is 1. The van der Waals surface area contributed by atoms with Gasteiger partial charge in [0.1, 0.15) is 5.75 Å². The largest absolute Gasteiger partial charge is 0.497 e. The number of anilines is 1. The molecule has 0 aliphatic heterocycles. The second-order valence-corrected chi connectivity index (χ2v) is 5.89. The van der Waals surface area contributed by atoms with Crippen molar-refractivity contribution < 1.29 is 9.53 Å². The number of ether oxygens (including phenoxy) is 1. The summed E-state index contributed by atoms with van der Waals surface area (Å²) in [5, 5.41) is 7.96. The van der Waals surface area contributed by atoms with Gasteiger partial charge in [-0.3, -0.25) is 4.79 Å². The molecule has 0 fully saturated rings. The van der Waals surface area contributed by atoms with Gasteiger partial charge in [-0.2, -0.15) is 0 Å². The highest BCUT2D eigenvalue weighted by Crippen LogP contribution is 2.24. The summed E-state index contributed by atoms with van der Waals surface area (Å²) >= 11 is 1.60. The van der Waals surface area contributed by atoms with Crippen LogP contribution in [0, 0.1) is 13.8 Å².